The average Bonchev–Trinajstić information content (AvgIpc) is 2.98. The minimum atomic E-state index is -0.0294. The van der Waals surface area contributed by atoms with E-state index in [4.69, 9.17) is 4.98 Å². The maximum atomic E-state index is 12.3. The van der Waals surface area contributed by atoms with Gasteiger partial charge in [0.05, 0.1) is 10.3 Å². The van der Waals surface area contributed by atoms with Crippen LogP contribution in [0.4, 0.5) is 5.82 Å². The van der Waals surface area contributed by atoms with Crippen LogP contribution in [0.25, 0.3) is 10.2 Å². The first-order chi connectivity index (χ1) is 11.1. The predicted octanol–water partition coefficient (Wildman–Crippen LogP) is 3.54. The number of hydrogen-bond donors (Lipinski definition) is 1. The Morgan fingerprint density at radius 1 is 1.30 bits per heavy atom. The molecule has 1 fully saturated rings. The average molecular weight is 351 g/mol. The second-order valence-corrected chi connectivity index (χ2v) is 7.84. The van der Waals surface area contributed by atoms with E-state index < -0.39 is 0 Å². The molecule has 1 aliphatic rings. The fourth-order valence-electron chi connectivity index (χ4n) is 2.77. The third-order valence-corrected chi connectivity index (χ3v) is 5.41. The molecule has 1 aliphatic heterocycles. The zero-order chi connectivity index (χ0) is 16.4. The smallest absolute Gasteiger partial charge is 0.261 e. The number of hydrogen-bond acceptors (Lipinski definition) is 6. The summed E-state index contributed by atoms with van der Waals surface area (Å²) >= 11 is 3.00. The lowest BCUT2D eigenvalue weighted by molar-refractivity contribution is 0.0947. The molecule has 0 spiro atoms. The van der Waals surface area contributed by atoms with E-state index in [1.54, 1.807) is 11.8 Å². The van der Waals surface area contributed by atoms with Crippen molar-refractivity contribution in [1.82, 2.24) is 15.3 Å². The number of amides is 1. The summed E-state index contributed by atoms with van der Waals surface area (Å²) in [4.78, 5) is 25.6. The predicted molar refractivity (Wildman–Crippen MR) is 97.9 cm³/mol. The number of carbonyl (C=O) groups is 1. The van der Waals surface area contributed by atoms with Gasteiger partial charge in [-0.2, -0.15) is 0 Å². The van der Waals surface area contributed by atoms with Crippen LogP contribution in [0, 0.1) is 0 Å². The van der Waals surface area contributed by atoms with Gasteiger partial charge in [0.15, 0.2) is 5.16 Å². The van der Waals surface area contributed by atoms with Crippen LogP contribution >= 0.6 is 23.1 Å². The molecule has 1 saturated heterocycles. The number of fused-ring (bicyclic) bond motifs is 1. The molecule has 0 radical (unpaired) electrons. The van der Waals surface area contributed by atoms with Crippen LogP contribution in [0.15, 0.2) is 11.2 Å². The number of thioether (sulfide) groups is 1. The zero-order valence-electron chi connectivity index (χ0n) is 13.8. The van der Waals surface area contributed by atoms with Crippen LogP contribution in [0.1, 0.15) is 42.8 Å². The topological polar surface area (TPSA) is 58.1 Å². The summed E-state index contributed by atoms with van der Waals surface area (Å²) < 4.78 is 0. The molecule has 0 unspecified atom stereocenters. The molecule has 124 valence electrons. The standard InChI is InChI=1S/C16H22N4OS2/c1-10(2)17-14(21)12-9-11-13(20-7-5-4-6-8-20)18-16(22-3)19-15(11)23-12/h9-10H,4-8H2,1-3H3,(H,17,21). The van der Waals surface area contributed by atoms with Gasteiger partial charge in [0.2, 0.25) is 0 Å². The van der Waals surface area contributed by atoms with E-state index in [1.165, 1.54) is 30.6 Å². The van der Waals surface area contributed by atoms with Crippen LogP contribution in [-0.2, 0) is 0 Å². The van der Waals surface area contributed by atoms with Gasteiger partial charge in [-0.3, -0.25) is 4.79 Å². The van der Waals surface area contributed by atoms with Gasteiger partial charge in [0.25, 0.3) is 5.91 Å². The number of nitrogens with one attached hydrogen (secondary N) is 1. The Morgan fingerprint density at radius 3 is 2.70 bits per heavy atom. The van der Waals surface area contributed by atoms with Crippen molar-refractivity contribution in [3.8, 4) is 0 Å². The summed E-state index contributed by atoms with van der Waals surface area (Å²) in [5, 5.41) is 4.73. The first-order valence-electron chi connectivity index (χ1n) is 8.00. The Hall–Kier alpha value is -1.34. The Morgan fingerprint density at radius 2 is 2.04 bits per heavy atom. The summed E-state index contributed by atoms with van der Waals surface area (Å²) in [7, 11) is 0. The maximum absolute atomic E-state index is 12.3. The summed E-state index contributed by atoms with van der Waals surface area (Å²) in [5.41, 5.74) is 0. The van der Waals surface area contributed by atoms with E-state index in [2.05, 4.69) is 15.2 Å². The van der Waals surface area contributed by atoms with Gasteiger partial charge in [-0.05, 0) is 45.4 Å². The second-order valence-electron chi connectivity index (χ2n) is 6.04. The first-order valence-corrected chi connectivity index (χ1v) is 10.0. The van der Waals surface area contributed by atoms with Gasteiger partial charge >= 0.3 is 0 Å². The van der Waals surface area contributed by atoms with E-state index in [-0.39, 0.29) is 11.9 Å². The van der Waals surface area contributed by atoms with Crippen LogP contribution in [0.3, 0.4) is 0 Å². The highest BCUT2D eigenvalue weighted by Gasteiger charge is 2.20. The summed E-state index contributed by atoms with van der Waals surface area (Å²) in [5.74, 6) is 0.956. The molecular formula is C16H22N4OS2. The molecule has 0 aromatic carbocycles. The van der Waals surface area contributed by atoms with E-state index in [0.717, 1.165) is 34.3 Å². The molecule has 2 aromatic heterocycles. The van der Waals surface area contributed by atoms with Crippen LogP contribution in [0.2, 0.25) is 0 Å². The lowest BCUT2D eigenvalue weighted by Gasteiger charge is -2.28. The Labute approximate surface area is 144 Å². The van der Waals surface area contributed by atoms with Gasteiger partial charge in [0.1, 0.15) is 10.6 Å². The van der Waals surface area contributed by atoms with Gasteiger partial charge in [-0.15, -0.1) is 11.3 Å². The number of rotatable bonds is 4. The SMILES string of the molecule is CSc1nc(N2CCCCC2)c2cc(C(=O)NC(C)C)sc2n1. The molecule has 5 nitrogen and oxygen atoms in total. The molecule has 0 atom stereocenters. The molecule has 1 N–H and O–H groups in total. The summed E-state index contributed by atoms with van der Waals surface area (Å²) in [6.07, 6.45) is 5.67. The van der Waals surface area contributed by atoms with Crippen molar-refractivity contribution in [2.75, 3.05) is 24.2 Å². The van der Waals surface area contributed by atoms with E-state index in [1.807, 2.05) is 26.2 Å². The zero-order valence-corrected chi connectivity index (χ0v) is 15.4. The third kappa shape index (κ3) is 3.61. The van der Waals surface area contributed by atoms with Crippen molar-refractivity contribution in [2.45, 2.75) is 44.3 Å². The Balaban J connectivity index is 2.03. The highest BCUT2D eigenvalue weighted by atomic mass is 32.2. The monoisotopic (exact) mass is 350 g/mol. The second kappa shape index (κ2) is 7.05. The molecule has 1 amide bonds. The third-order valence-electron chi connectivity index (χ3n) is 3.83. The fourth-order valence-corrected chi connectivity index (χ4v) is 4.12. The van der Waals surface area contributed by atoms with Gasteiger partial charge < -0.3 is 10.2 Å². The summed E-state index contributed by atoms with van der Waals surface area (Å²) in [6.45, 7) is 6.00. The Kier molecular flexibility index (Phi) is 5.06. The quantitative estimate of drug-likeness (QED) is 0.675. The van der Waals surface area contributed by atoms with Crippen LogP contribution in [-0.4, -0.2) is 41.3 Å². The molecule has 3 rings (SSSR count). The normalized spacial score (nSPS) is 15.4. The molecule has 0 aliphatic carbocycles. The lowest BCUT2D eigenvalue weighted by Crippen LogP contribution is -2.30. The molecule has 0 bridgehead atoms. The van der Waals surface area contributed by atoms with Crippen molar-refractivity contribution < 1.29 is 4.79 Å². The number of carbonyl (C=O) groups excluding carboxylic acids is 1. The molecule has 3 heterocycles. The number of nitrogens with zero attached hydrogens (tertiary/aromatic N) is 3. The largest absolute Gasteiger partial charge is 0.356 e. The van der Waals surface area contributed by atoms with Gasteiger partial charge in [-0.1, -0.05) is 11.8 Å². The molecule has 0 saturated carbocycles. The van der Waals surface area contributed by atoms with Crippen LogP contribution in [0.5, 0.6) is 0 Å². The van der Waals surface area contributed by atoms with Crippen molar-refractivity contribution in [3.05, 3.63) is 10.9 Å². The molecule has 7 heteroatoms. The van der Waals surface area contributed by atoms with Crippen molar-refractivity contribution >= 4 is 45.0 Å². The number of piperidine rings is 1. The number of aromatic nitrogens is 2. The maximum Gasteiger partial charge on any atom is 0.261 e. The minimum absolute atomic E-state index is 0.0294. The minimum Gasteiger partial charge on any atom is -0.356 e. The molecular weight excluding hydrogens is 328 g/mol. The van der Waals surface area contributed by atoms with E-state index in [0.29, 0.717) is 4.88 Å². The highest BCUT2D eigenvalue weighted by Crippen LogP contribution is 2.33. The fraction of sp³-hybridized carbons (Fsp3) is 0.562. The Bertz CT molecular complexity index is 707. The molecule has 2 aromatic rings. The van der Waals surface area contributed by atoms with Gasteiger partial charge in [-0.25, -0.2) is 9.97 Å². The van der Waals surface area contributed by atoms with Crippen molar-refractivity contribution in [2.24, 2.45) is 0 Å². The van der Waals surface area contributed by atoms with E-state index in [9.17, 15) is 4.79 Å². The molecule has 23 heavy (non-hydrogen) atoms. The lowest BCUT2D eigenvalue weighted by atomic mass is 10.1. The number of thiophene rings is 1. The van der Waals surface area contributed by atoms with Crippen molar-refractivity contribution in [3.63, 3.8) is 0 Å². The van der Waals surface area contributed by atoms with Crippen molar-refractivity contribution in [1.29, 1.82) is 0 Å². The first kappa shape index (κ1) is 16.5. The number of anilines is 1. The van der Waals surface area contributed by atoms with E-state index >= 15 is 0 Å². The van der Waals surface area contributed by atoms with Gasteiger partial charge in [0, 0.05) is 19.1 Å². The van der Waals surface area contributed by atoms with Crippen LogP contribution < -0.4 is 10.2 Å². The summed E-state index contributed by atoms with van der Waals surface area (Å²) in [6, 6.07) is 2.08. The highest BCUT2D eigenvalue weighted by molar-refractivity contribution is 7.98.